The fourth-order valence-electron chi connectivity index (χ4n) is 2.13. The fourth-order valence-corrected chi connectivity index (χ4v) is 2.13. The van der Waals surface area contributed by atoms with Gasteiger partial charge in [-0.05, 0) is 17.7 Å². The SMILES string of the molecule is COC(COCc1ccccc1)C(N)Cc1ccccn1. The van der Waals surface area contributed by atoms with Crippen LogP contribution in [0.3, 0.4) is 0 Å². The standard InChI is InChI=1S/C17H22N2O2/c1-20-17(13-21-12-14-7-3-2-4-8-14)16(18)11-15-9-5-6-10-19-15/h2-10,16-17H,11-13,18H2,1H3. The Morgan fingerprint density at radius 3 is 2.52 bits per heavy atom. The van der Waals surface area contributed by atoms with Crippen LogP contribution in [0.5, 0.6) is 0 Å². The third kappa shape index (κ3) is 5.27. The maximum Gasteiger partial charge on any atom is 0.0959 e. The van der Waals surface area contributed by atoms with Gasteiger partial charge in [0.2, 0.25) is 0 Å². The number of rotatable bonds is 8. The van der Waals surface area contributed by atoms with Crippen molar-refractivity contribution < 1.29 is 9.47 Å². The van der Waals surface area contributed by atoms with Crippen molar-refractivity contribution in [3.8, 4) is 0 Å². The molecule has 2 aromatic rings. The quantitative estimate of drug-likeness (QED) is 0.808. The summed E-state index contributed by atoms with van der Waals surface area (Å²) in [7, 11) is 1.66. The lowest BCUT2D eigenvalue weighted by Crippen LogP contribution is -2.41. The molecule has 2 atom stereocenters. The second-order valence-corrected chi connectivity index (χ2v) is 4.96. The maximum absolute atomic E-state index is 6.19. The Hall–Kier alpha value is -1.75. The van der Waals surface area contributed by atoms with Crippen molar-refractivity contribution in [2.24, 2.45) is 5.73 Å². The Kier molecular flexibility index (Phi) is 6.34. The zero-order valence-corrected chi connectivity index (χ0v) is 12.3. The van der Waals surface area contributed by atoms with E-state index in [1.165, 1.54) is 0 Å². The molecule has 1 heterocycles. The highest BCUT2D eigenvalue weighted by atomic mass is 16.5. The molecule has 0 saturated carbocycles. The minimum Gasteiger partial charge on any atom is -0.377 e. The molecule has 0 bridgehead atoms. The zero-order valence-electron chi connectivity index (χ0n) is 12.3. The van der Waals surface area contributed by atoms with Gasteiger partial charge in [-0.3, -0.25) is 4.98 Å². The van der Waals surface area contributed by atoms with Crippen molar-refractivity contribution in [2.75, 3.05) is 13.7 Å². The van der Waals surface area contributed by atoms with Crippen LogP contribution in [-0.4, -0.2) is 30.8 Å². The molecule has 0 aliphatic rings. The van der Waals surface area contributed by atoms with Gasteiger partial charge in [-0.2, -0.15) is 0 Å². The number of methoxy groups -OCH3 is 1. The molecular formula is C17H22N2O2. The first-order valence-corrected chi connectivity index (χ1v) is 7.09. The largest absolute Gasteiger partial charge is 0.377 e. The van der Waals surface area contributed by atoms with Gasteiger partial charge in [-0.15, -0.1) is 0 Å². The second kappa shape index (κ2) is 8.52. The molecule has 112 valence electrons. The predicted octanol–water partition coefficient (Wildman–Crippen LogP) is 2.18. The number of hydrogen-bond donors (Lipinski definition) is 1. The van der Waals surface area contributed by atoms with E-state index in [2.05, 4.69) is 4.98 Å². The highest BCUT2D eigenvalue weighted by molar-refractivity contribution is 5.13. The lowest BCUT2D eigenvalue weighted by molar-refractivity contribution is -0.0105. The molecule has 2 unspecified atom stereocenters. The van der Waals surface area contributed by atoms with E-state index in [0.717, 1.165) is 11.3 Å². The minimum absolute atomic E-state index is 0.138. The molecule has 0 spiro atoms. The van der Waals surface area contributed by atoms with E-state index in [0.29, 0.717) is 19.6 Å². The van der Waals surface area contributed by atoms with Crippen molar-refractivity contribution in [2.45, 2.75) is 25.2 Å². The average Bonchev–Trinajstić information content (AvgIpc) is 2.53. The first kappa shape index (κ1) is 15.6. The number of hydrogen-bond acceptors (Lipinski definition) is 4. The summed E-state index contributed by atoms with van der Waals surface area (Å²) in [5.41, 5.74) is 8.31. The monoisotopic (exact) mass is 286 g/mol. The molecule has 0 radical (unpaired) electrons. The highest BCUT2D eigenvalue weighted by Gasteiger charge is 2.18. The summed E-state index contributed by atoms with van der Waals surface area (Å²) < 4.78 is 11.2. The van der Waals surface area contributed by atoms with E-state index < -0.39 is 0 Å². The van der Waals surface area contributed by atoms with Gasteiger partial charge < -0.3 is 15.2 Å². The number of nitrogens with two attached hydrogens (primary N) is 1. The summed E-state index contributed by atoms with van der Waals surface area (Å²) in [4.78, 5) is 4.29. The molecule has 21 heavy (non-hydrogen) atoms. The fraction of sp³-hybridized carbons (Fsp3) is 0.353. The Labute approximate surface area is 125 Å². The van der Waals surface area contributed by atoms with E-state index in [1.54, 1.807) is 13.3 Å². The van der Waals surface area contributed by atoms with Crippen LogP contribution < -0.4 is 5.73 Å². The maximum atomic E-state index is 6.19. The van der Waals surface area contributed by atoms with E-state index >= 15 is 0 Å². The van der Waals surface area contributed by atoms with Gasteiger partial charge in [-0.1, -0.05) is 36.4 Å². The molecule has 1 aromatic carbocycles. The topological polar surface area (TPSA) is 57.4 Å². The van der Waals surface area contributed by atoms with Crippen molar-refractivity contribution >= 4 is 0 Å². The summed E-state index contributed by atoms with van der Waals surface area (Å²) in [6.45, 7) is 1.04. The molecule has 4 heteroatoms. The van der Waals surface area contributed by atoms with Crippen molar-refractivity contribution in [1.29, 1.82) is 0 Å². The molecule has 2 N–H and O–H groups in total. The third-order valence-corrected chi connectivity index (χ3v) is 3.34. The van der Waals surface area contributed by atoms with Crippen molar-refractivity contribution in [3.05, 3.63) is 66.0 Å². The number of benzene rings is 1. The molecule has 0 aliphatic heterocycles. The van der Waals surface area contributed by atoms with Crippen LogP contribution in [0, 0.1) is 0 Å². The zero-order chi connectivity index (χ0) is 14.9. The summed E-state index contributed by atoms with van der Waals surface area (Å²) in [6.07, 6.45) is 2.31. The smallest absolute Gasteiger partial charge is 0.0959 e. The number of pyridine rings is 1. The highest BCUT2D eigenvalue weighted by Crippen LogP contribution is 2.07. The van der Waals surface area contributed by atoms with Gasteiger partial charge in [-0.25, -0.2) is 0 Å². The summed E-state index contributed by atoms with van der Waals surface area (Å²) in [5.74, 6) is 0. The lowest BCUT2D eigenvalue weighted by atomic mass is 10.1. The van der Waals surface area contributed by atoms with E-state index in [4.69, 9.17) is 15.2 Å². The van der Waals surface area contributed by atoms with Crippen LogP contribution in [0.25, 0.3) is 0 Å². The number of nitrogens with zero attached hydrogens (tertiary/aromatic N) is 1. The van der Waals surface area contributed by atoms with Crippen LogP contribution in [0.2, 0.25) is 0 Å². The van der Waals surface area contributed by atoms with Crippen molar-refractivity contribution in [3.63, 3.8) is 0 Å². The van der Waals surface area contributed by atoms with Gasteiger partial charge in [0.15, 0.2) is 0 Å². The molecule has 0 amide bonds. The first-order valence-electron chi connectivity index (χ1n) is 7.09. The van der Waals surface area contributed by atoms with E-state index in [-0.39, 0.29) is 12.1 Å². The first-order chi connectivity index (χ1) is 10.3. The predicted molar refractivity (Wildman–Crippen MR) is 82.8 cm³/mol. The number of aromatic nitrogens is 1. The molecule has 0 saturated heterocycles. The summed E-state index contributed by atoms with van der Waals surface area (Å²) in [6, 6.07) is 15.8. The average molecular weight is 286 g/mol. The van der Waals surface area contributed by atoms with Crippen LogP contribution in [-0.2, 0) is 22.5 Å². The van der Waals surface area contributed by atoms with Crippen LogP contribution in [0.4, 0.5) is 0 Å². The van der Waals surface area contributed by atoms with Gasteiger partial charge in [0, 0.05) is 31.5 Å². The Morgan fingerprint density at radius 2 is 1.86 bits per heavy atom. The van der Waals surface area contributed by atoms with E-state index in [9.17, 15) is 0 Å². The van der Waals surface area contributed by atoms with Gasteiger partial charge in [0.25, 0.3) is 0 Å². The molecule has 0 aliphatic carbocycles. The summed E-state index contributed by atoms with van der Waals surface area (Å²) >= 11 is 0. The Balaban J connectivity index is 1.79. The molecule has 4 nitrogen and oxygen atoms in total. The lowest BCUT2D eigenvalue weighted by Gasteiger charge is -2.22. The van der Waals surface area contributed by atoms with Crippen LogP contribution in [0.1, 0.15) is 11.3 Å². The van der Waals surface area contributed by atoms with Gasteiger partial charge in [0.1, 0.15) is 0 Å². The summed E-state index contributed by atoms with van der Waals surface area (Å²) in [5, 5.41) is 0. The van der Waals surface area contributed by atoms with Crippen LogP contribution >= 0.6 is 0 Å². The third-order valence-electron chi connectivity index (χ3n) is 3.34. The van der Waals surface area contributed by atoms with Crippen molar-refractivity contribution in [1.82, 2.24) is 4.98 Å². The van der Waals surface area contributed by atoms with Gasteiger partial charge in [0.05, 0.1) is 19.3 Å². The van der Waals surface area contributed by atoms with E-state index in [1.807, 2.05) is 48.5 Å². The molecular weight excluding hydrogens is 264 g/mol. The Morgan fingerprint density at radius 1 is 1.10 bits per heavy atom. The van der Waals surface area contributed by atoms with Gasteiger partial charge >= 0.3 is 0 Å². The Bertz CT molecular complexity index is 505. The molecule has 0 fully saturated rings. The number of ether oxygens (including phenoxy) is 2. The van der Waals surface area contributed by atoms with Crippen LogP contribution in [0.15, 0.2) is 54.7 Å². The second-order valence-electron chi connectivity index (χ2n) is 4.96. The normalized spacial score (nSPS) is 13.8. The molecule has 1 aromatic heterocycles. The minimum atomic E-state index is -0.143. The molecule has 2 rings (SSSR count).